The Morgan fingerprint density at radius 1 is 0.750 bits per heavy atom. The van der Waals surface area contributed by atoms with Crippen LogP contribution in [0, 0.1) is 0 Å². The number of halogens is 2. The molecule has 0 fully saturated rings. The number of hydrogen-bond acceptors (Lipinski definition) is 3. The van der Waals surface area contributed by atoms with Crippen LogP contribution in [0.3, 0.4) is 0 Å². The normalized spacial score (nSPS) is 6.50. The minimum absolute atomic E-state index is 0.167. The van der Waals surface area contributed by atoms with Gasteiger partial charge in [0.1, 0.15) is 5.78 Å². The molecular formula is C7H12Cl2O3. The predicted octanol–water partition coefficient (Wildman–Crippen LogP) is 2.14. The summed E-state index contributed by atoms with van der Waals surface area (Å²) in [5.41, 5.74) is 0. The van der Waals surface area contributed by atoms with E-state index in [1.807, 2.05) is 0 Å². The Balaban J connectivity index is -0.000000101. The fourth-order valence-corrected chi connectivity index (χ4v) is 0. The molecule has 5 heteroatoms. The molecule has 12 heavy (non-hydrogen) atoms. The van der Waals surface area contributed by atoms with Crippen LogP contribution in [0.1, 0.15) is 27.7 Å². The summed E-state index contributed by atoms with van der Waals surface area (Å²) in [5, 5.41) is -0.722. The molecule has 0 bridgehead atoms. The monoisotopic (exact) mass is 214 g/mol. The van der Waals surface area contributed by atoms with Gasteiger partial charge in [0.15, 0.2) is 0 Å². The van der Waals surface area contributed by atoms with Crippen molar-refractivity contribution in [2.45, 2.75) is 27.7 Å². The summed E-state index contributed by atoms with van der Waals surface area (Å²) in [4.78, 5) is 27.9. The molecule has 0 rings (SSSR count). The van der Waals surface area contributed by atoms with Gasteiger partial charge in [-0.05, 0) is 37.0 Å². The molecule has 0 saturated heterocycles. The topological polar surface area (TPSA) is 51.2 Å². The van der Waals surface area contributed by atoms with Crippen molar-refractivity contribution < 1.29 is 14.4 Å². The highest BCUT2D eigenvalue weighted by molar-refractivity contribution is 6.63. The van der Waals surface area contributed by atoms with Crippen LogP contribution >= 0.6 is 23.2 Å². The molecule has 0 aromatic heterocycles. The third-order valence-electron chi connectivity index (χ3n) is 0. The zero-order valence-corrected chi connectivity index (χ0v) is 8.99. The third kappa shape index (κ3) is 4210. The number of hydrogen-bond donors (Lipinski definition) is 0. The number of Topliss-reactive ketones (excluding diaryl/α,β-unsaturated/α-hetero) is 1. The second kappa shape index (κ2) is 13.2. The molecule has 0 atom stereocenters. The molecule has 0 amide bonds. The Hall–Kier alpha value is -0.410. The first-order valence-corrected chi connectivity index (χ1v) is 3.75. The predicted molar refractivity (Wildman–Crippen MR) is 49.4 cm³/mol. The quantitative estimate of drug-likeness (QED) is 0.581. The average Bonchev–Trinajstić information content (AvgIpc) is 1.54. The van der Waals surface area contributed by atoms with Crippen molar-refractivity contribution in [3.8, 4) is 0 Å². The summed E-state index contributed by atoms with van der Waals surface area (Å²) in [6.07, 6.45) is 0. The molecule has 0 unspecified atom stereocenters. The van der Waals surface area contributed by atoms with Crippen molar-refractivity contribution in [1.29, 1.82) is 0 Å². The van der Waals surface area contributed by atoms with E-state index in [9.17, 15) is 14.4 Å². The molecule has 0 aliphatic heterocycles. The highest BCUT2D eigenvalue weighted by Gasteiger charge is 1.67. The van der Waals surface area contributed by atoms with Crippen molar-refractivity contribution in [2.24, 2.45) is 0 Å². The number of carbonyl (C=O) groups excluding carboxylic acids is 3. The summed E-state index contributed by atoms with van der Waals surface area (Å²) in [7, 11) is 0. The lowest BCUT2D eigenvalue weighted by Crippen LogP contribution is -1.69. The highest BCUT2D eigenvalue weighted by atomic mass is 35.5. The van der Waals surface area contributed by atoms with Gasteiger partial charge < -0.3 is 4.79 Å². The molecule has 0 aromatic carbocycles. The molecule has 0 aliphatic rings. The van der Waals surface area contributed by atoms with E-state index in [1.165, 1.54) is 27.7 Å². The van der Waals surface area contributed by atoms with Crippen molar-refractivity contribution in [3.05, 3.63) is 0 Å². The Kier molecular flexibility index (Phi) is 19.4. The van der Waals surface area contributed by atoms with Gasteiger partial charge in [-0.3, -0.25) is 9.59 Å². The summed E-state index contributed by atoms with van der Waals surface area (Å²) in [6, 6.07) is 0. The van der Waals surface area contributed by atoms with Crippen LogP contribution in [-0.2, 0) is 14.4 Å². The Labute approximate surface area is 82.0 Å². The van der Waals surface area contributed by atoms with Crippen molar-refractivity contribution in [3.63, 3.8) is 0 Å². The van der Waals surface area contributed by atoms with E-state index in [-0.39, 0.29) is 16.3 Å². The third-order valence-corrected chi connectivity index (χ3v) is 0. The largest absolute Gasteiger partial charge is 0.300 e. The second-order valence-electron chi connectivity index (χ2n) is 1.85. The summed E-state index contributed by atoms with van der Waals surface area (Å²) in [6.45, 7) is 5.64. The highest BCUT2D eigenvalue weighted by Crippen LogP contribution is 1.68. The molecule has 0 heterocycles. The minimum atomic E-state index is -0.361. The maximum absolute atomic E-state index is 9.44. The van der Waals surface area contributed by atoms with Gasteiger partial charge in [0.2, 0.25) is 10.5 Å². The lowest BCUT2D eigenvalue weighted by Gasteiger charge is -1.56. The van der Waals surface area contributed by atoms with Crippen LogP contribution in [0.5, 0.6) is 0 Å². The molecule has 0 radical (unpaired) electrons. The van der Waals surface area contributed by atoms with Crippen molar-refractivity contribution in [2.75, 3.05) is 0 Å². The summed E-state index contributed by atoms with van der Waals surface area (Å²) < 4.78 is 0. The summed E-state index contributed by atoms with van der Waals surface area (Å²) >= 11 is 9.27. The maximum atomic E-state index is 9.44. The molecule has 0 spiro atoms. The maximum Gasteiger partial charge on any atom is 0.218 e. The van der Waals surface area contributed by atoms with Gasteiger partial charge in [-0.25, -0.2) is 0 Å². The molecule has 0 N–H and O–H groups in total. The van der Waals surface area contributed by atoms with Gasteiger partial charge in [-0.15, -0.1) is 0 Å². The number of carbonyl (C=O) groups is 3. The minimum Gasteiger partial charge on any atom is -0.300 e. The van der Waals surface area contributed by atoms with Gasteiger partial charge in [-0.1, -0.05) is 0 Å². The Morgan fingerprint density at radius 3 is 0.750 bits per heavy atom. The number of rotatable bonds is 0. The molecule has 0 aromatic rings. The van der Waals surface area contributed by atoms with E-state index in [0.717, 1.165) is 0 Å². The van der Waals surface area contributed by atoms with Crippen molar-refractivity contribution >= 4 is 39.5 Å². The van der Waals surface area contributed by atoms with Gasteiger partial charge in [-0.2, -0.15) is 0 Å². The van der Waals surface area contributed by atoms with E-state index in [2.05, 4.69) is 23.2 Å². The molecule has 3 nitrogen and oxygen atoms in total. The lowest BCUT2D eigenvalue weighted by atomic mass is 10.6. The van der Waals surface area contributed by atoms with E-state index < -0.39 is 0 Å². The first-order valence-electron chi connectivity index (χ1n) is 2.99. The van der Waals surface area contributed by atoms with E-state index >= 15 is 0 Å². The lowest BCUT2D eigenvalue weighted by molar-refractivity contribution is -0.115. The molecule has 0 aliphatic carbocycles. The van der Waals surface area contributed by atoms with Crippen LogP contribution < -0.4 is 0 Å². The van der Waals surface area contributed by atoms with Gasteiger partial charge in [0.05, 0.1) is 0 Å². The van der Waals surface area contributed by atoms with Crippen LogP contribution in [0.25, 0.3) is 0 Å². The smallest absolute Gasteiger partial charge is 0.218 e. The Morgan fingerprint density at radius 2 is 0.750 bits per heavy atom. The summed E-state index contributed by atoms with van der Waals surface area (Å²) in [5.74, 6) is 0.167. The zero-order chi connectivity index (χ0) is 10.7. The second-order valence-corrected chi connectivity index (χ2v) is 2.91. The fourth-order valence-electron chi connectivity index (χ4n) is 0. The first kappa shape index (κ1) is 17.6. The van der Waals surface area contributed by atoms with Gasteiger partial charge >= 0.3 is 0 Å². The van der Waals surface area contributed by atoms with E-state index in [1.54, 1.807) is 0 Å². The molecular weight excluding hydrogens is 203 g/mol. The molecule has 0 saturated carbocycles. The van der Waals surface area contributed by atoms with Gasteiger partial charge in [0, 0.05) is 13.8 Å². The van der Waals surface area contributed by atoms with Crippen LogP contribution in [0.4, 0.5) is 0 Å². The standard InChI is InChI=1S/C3H6O.2C2H3ClO/c1-3(2)4;2*1-2(3)4/h1-2H3;2*1H3. The fraction of sp³-hybridized carbons (Fsp3) is 0.571. The molecule has 72 valence electrons. The zero-order valence-electron chi connectivity index (χ0n) is 7.48. The van der Waals surface area contributed by atoms with Crippen LogP contribution in [0.2, 0.25) is 0 Å². The van der Waals surface area contributed by atoms with Crippen LogP contribution in [0.15, 0.2) is 0 Å². The van der Waals surface area contributed by atoms with E-state index in [4.69, 9.17) is 0 Å². The van der Waals surface area contributed by atoms with Crippen molar-refractivity contribution in [1.82, 2.24) is 0 Å². The average molecular weight is 215 g/mol. The van der Waals surface area contributed by atoms with Crippen LogP contribution in [-0.4, -0.2) is 16.3 Å². The Bertz CT molecular complexity index is 114. The first-order chi connectivity index (χ1) is 5.20. The number of ketones is 1. The SMILES string of the molecule is CC(=O)Cl.CC(=O)Cl.CC(C)=O. The van der Waals surface area contributed by atoms with Gasteiger partial charge in [0.25, 0.3) is 0 Å². The van der Waals surface area contributed by atoms with E-state index in [0.29, 0.717) is 0 Å².